The van der Waals surface area contributed by atoms with Gasteiger partial charge in [-0.2, -0.15) is 0 Å². The SMILES string of the molecule is CCC(NS(=O)(=O)c1ccc(-c2ccccc2)cc1)c1ccccc1. The second kappa shape index (κ2) is 7.64. The van der Waals surface area contributed by atoms with E-state index in [1.165, 1.54) is 0 Å². The Bertz CT molecular complexity index is 905. The Morgan fingerprint density at radius 3 is 1.84 bits per heavy atom. The predicted molar refractivity (Wildman–Crippen MR) is 102 cm³/mol. The Morgan fingerprint density at radius 1 is 0.760 bits per heavy atom. The third-order valence-electron chi connectivity index (χ3n) is 4.18. The normalized spacial score (nSPS) is 12.7. The molecule has 128 valence electrons. The van der Waals surface area contributed by atoms with E-state index in [1.54, 1.807) is 12.1 Å². The minimum absolute atomic E-state index is 0.236. The fourth-order valence-electron chi connectivity index (χ4n) is 2.78. The van der Waals surface area contributed by atoms with Gasteiger partial charge in [0, 0.05) is 6.04 Å². The van der Waals surface area contributed by atoms with Crippen LogP contribution in [0.1, 0.15) is 24.9 Å². The quantitative estimate of drug-likeness (QED) is 0.694. The number of hydrogen-bond acceptors (Lipinski definition) is 2. The van der Waals surface area contributed by atoms with E-state index in [2.05, 4.69) is 4.72 Å². The highest BCUT2D eigenvalue weighted by atomic mass is 32.2. The molecular weight excluding hydrogens is 330 g/mol. The molecule has 1 unspecified atom stereocenters. The first-order valence-electron chi connectivity index (χ1n) is 8.33. The highest BCUT2D eigenvalue weighted by Crippen LogP contribution is 2.23. The fraction of sp³-hybridized carbons (Fsp3) is 0.143. The van der Waals surface area contributed by atoms with Crippen LogP contribution in [0.5, 0.6) is 0 Å². The molecule has 0 heterocycles. The van der Waals surface area contributed by atoms with Crippen molar-refractivity contribution in [1.29, 1.82) is 0 Å². The molecule has 0 aliphatic carbocycles. The molecule has 1 atom stereocenters. The molecule has 0 spiro atoms. The van der Waals surface area contributed by atoms with Crippen LogP contribution in [0.15, 0.2) is 89.8 Å². The van der Waals surface area contributed by atoms with Crippen LogP contribution in [0.2, 0.25) is 0 Å². The van der Waals surface area contributed by atoms with Gasteiger partial charge in [-0.25, -0.2) is 13.1 Å². The third-order valence-corrected chi connectivity index (χ3v) is 5.67. The molecule has 3 aromatic carbocycles. The minimum Gasteiger partial charge on any atom is -0.207 e. The van der Waals surface area contributed by atoms with Gasteiger partial charge in [-0.1, -0.05) is 79.7 Å². The Morgan fingerprint density at radius 2 is 1.28 bits per heavy atom. The summed E-state index contributed by atoms with van der Waals surface area (Å²) in [4.78, 5) is 0.279. The van der Waals surface area contributed by atoms with Crippen molar-refractivity contribution in [2.75, 3.05) is 0 Å². The summed E-state index contributed by atoms with van der Waals surface area (Å²) >= 11 is 0. The first-order valence-corrected chi connectivity index (χ1v) is 9.81. The van der Waals surface area contributed by atoms with Gasteiger partial charge in [-0.05, 0) is 35.2 Å². The zero-order chi connectivity index (χ0) is 17.7. The summed E-state index contributed by atoms with van der Waals surface area (Å²) < 4.78 is 28.2. The van der Waals surface area contributed by atoms with Gasteiger partial charge in [0.1, 0.15) is 0 Å². The van der Waals surface area contributed by atoms with Crippen LogP contribution < -0.4 is 4.72 Å². The monoisotopic (exact) mass is 351 g/mol. The molecule has 0 amide bonds. The first-order chi connectivity index (χ1) is 12.1. The second-order valence-corrected chi connectivity index (χ2v) is 7.60. The van der Waals surface area contributed by atoms with Crippen LogP contribution in [0, 0.1) is 0 Å². The van der Waals surface area contributed by atoms with Crippen LogP contribution in [-0.2, 0) is 10.0 Å². The third kappa shape index (κ3) is 4.16. The summed E-state index contributed by atoms with van der Waals surface area (Å²) in [7, 11) is -3.57. The van der Waals surface area contributed by atoms with Crippen LogP contribution >= 0.6 is 0 Å². The summed E-state index contributed by atoms with van der Waals surface area (Å²) in [5.41, 5.74) is 3.03. The zero-order valence-electron chi connectivity index (χ0n) is 14.1. The number of sulfonamides is 1. The van der Waals surface area contributed by atoms with Crippen LogP contribution in [0.3, 0.4) is 0 Å². The average molecular weight is 351 g/mol. The molecule has 0 fully saturated rings. The molecule has 25 heavy (non-hydrogen) atoms. The van der Waals surface area contributed by atoms with Crippen molar-refractivity contribution in [2.45, 2.75) is 24.3 Å². The van der Waals surface area contributed by atoms with E-state index >= 15 is 0 Å². The van der Waals surface area contributed by atoms with Gasteiger partial charge in [0.2, 0.25) is 10.0 Å². The second-order valence-electron chi connectivity index (χ2n) is 5.88. The molecule has 0 aromatic heterocycles. The number of nitrogens with one attached hydrogen (secondary N) is 1. The van der Waals surface area contributed by atoms with E-state index in [0.29, 0.717) is 6.42 Å². The smallest absolute Gasteiger partial charge is 0.207 e. The summed E-state index contributed by atoms with van der Waals surface area (Å²) in [6.45, 7) is 1.97. The Balaban J connectivity index is 1.82. The standard InChI is InChI=1S/C21H21NO2S/c1-2-21(19-11-7-4-8-12-19)22-25(23,24)20-15-13-18(14-16-20)17-9-5-3-6-10-17/h3-16,21-22H,2H2,1H3. The minimum atomic E-state index is -3.57. The van der Waals surface area contributed by atoms with E-state index < -0.39 is 10.0 Å². The molecule has 0 saturated carbocycles. The maximum absolute atomic E-state index is 12.7. The maximum atomic E-state index is 12.7. The van der Waals surface area contributed by atoms with Gasteiger partial charge in [-0.15, -0.1) is 0 Å². The topological polar surface area (TPSA) is 46.2 Å². The van der Waals surface area contributed by atoms with E-state index in [4.69, 9.17) is 0 Å². The van der Waals surface area contributed by atoms with Crippen molar-refractivity contribution in [3.8, 4) is 11.1 Å². The molecular formula is C21H21NO2S. The molecule has 4 heteroatoms. The van der Waals surface area contributed by atoms with E-state index in [1.807, 2.05) is 79.7 Å². The Labute approximate surface area is 149 Å². The van der Waals surface area contributed by atoms with Gasteiger partial charge in [-0.3, -0.25) is 0 Å². The molecule has 0 saturated heterocycles. The van der Waals surface area contributed by atoms with Crippen molar-refractivity contribution >= 4 is 10.0 Å². The summed E-state index contributed by atoms with van der Waals surface area (Å²) in [5.74, 6) is 0. The molecule has 3 rings (SSSR count). The van der Waals surface area contributed by atoms with Gasteiger partial charge in [0.05, 0.1) is 4.90 Å². The number of rotatable bonds is 6. The summed E-state index contributed by atoms with van der Waals surface area (Å²) in [6, 6.07) is 26.3. The van der Waals surface area contributed by atoms with Gasteiger partial charge in [0.15, 0.2) is 0 Å². The Kier molecular flexibility index (Phi) is 5.31. The van der Waals surface area contributed by atoms with Crippen LogP contribution in [0.25, 0.3) is 11.1 Å². The van der Waals surface area contributed by atoms with Crippen molar-refractivity contribution in [3.63, 3.8) is 0 Å². The highest BCUT2D eigenvalue weighted by Gasteiger charge is 2.20. The van der Waals surface area contributed by atoms with E-state index in [-0.39, 0.29) is 10.9 Å². The molecule has 0 aliphatic heterocycles. The molecule has 0 aliphatic rings. The fourth-order valence-corrected chi connectivity index (χ4v) is 4.09. The van der Waals surface area contributed by atoms with Crippen LogP contribution in [-0.4, -0.2) is 8.42 Å². The zero-order valence-corrected chi connectivity index (χ0v) is 14.9. The number of hydrogen-bond donors (Lipinski definition) is 1. The van der Waals surface area contributed by atoms with Crippen molar-refractivity contribution < 1.29 is 8.42 Å². The predicted octanol–water partition coefficient (Wildman–Crippen LogP) is 4.78. The lowest BCUT2D eigenvalue weighted by Gasteiger charge is -2.17. The lowest BCUT2D eigenvalue weighted by Crippen LogP contribution is -2.28. The van der Waals surface area contributed by atoms with Gasteiger partial charge < -0.3 is 0 Å². The van der Waals surface area contributed by atoms with E-state index in [9.17, 15) is 8.42 Å². The van der Waals surface area contributed by atoms with E-state index in [0.717, 1.165) is 16.7 Å². The van der Waals surface area contributed by atoms with Crippen molar-refractivity contribution in [3.05, 3.63) is 90.5 Å². The lowest BCUT2D eigenvalue weighted by molar-refractivity contribution is 0.550. The van der Waals surface area contributed by atoms with Gasteiger partial charge >= 0.3 is 0 Å². The Hall–Kier alpha value is -2.43. The van der Waals surface area contributed by atoms with Gasteiger partial charge in [0.25, 0.3) is 0 Å². The van der Waals surface area contributed by atoms with Crippen molar-refractivity contribution in [1.82, 2.24) is 4.72 Å². The number of benzene rings is 3. The summed E-state index contributed by atoms with van der Waals surface area (Å²) in [6.07, 6.45) is 0.686. The molecule has 3 aromatic rings. The summed E-state index contributed by atoms with van der Waals surface area (Å²) in [5, 5.41) is 0. The van der Waals surface area contributed by atoms with Crippen LogP contribution in [0.4, 0.5) is 0 Å². The largest absolute Gasteiger partial charge is 0.241 e. The molecule has 0 bridgehead atoms. The maximum Gasteiger partial charge on any atom is 0.241 e. The highest BCUT2D eigenvalue weighted by molar-refractivity contribution is 7.89. The molecule has 1 N–H and O–H groups in total. The molecule has 3 nitrogen and oxygen atoms in total. The molecule has 0 radical (unpaired) electrons. The first kappa shape index (κ1) is 17.4. The lowest BCUT2D eigenvalue weighted by atomic mass is 10.1. The van der Waals surface area contributed by atoms with Crippen molar-refractivity contribution in [2.24, 2.45) is 0 Å². The average Bonchev–Trinajstić information content (AvgIpc) is 2.67.